The SMILES string of the molecule is CC1(c2cccc(C(=O)NC(C(=O)O)C3CCCOC3)c2)NC(=O)NC1=O. The lowest BCUT2D eigenvalue weighted by molar-refractivity contribution is -0.142. The normalized spacial score (nSPS) is 26.0. The average Bonchev–Trinajstić information content (AvgIpc) is 2.93. The Labute approximate surface area is 155 Å². The smallest absolute Gasteiger partial charge is 0.326 e. The third-order valence-electron chi connectivity index (χ3n) is 4.97. The van der Waals surface area contributed by atoms with Gasteiger partial charge in [0.25, 0.3) is 11.8 Å². The minimum atomic E-state index is -1.29. The number of carbonyl (C=O) groups is 4. The maximum Gasteiger partial charge on any atom is 0.326 e. The number of nitrogens with one attached hydrogen (secondary N) is 3. The highest BCUT2D eigenvalue weighted by Crippen LogP contribution is 2.25. The fraction of sp³-hybridized carbons (Fsp3) is 0.444. The number of urea groups is 1. The van der Waals surface area contributed by atoms with Gasteiger partial charge in [-0.15, -0.1) is 0 Å². The summed E-state index contributed by atoms with van der Waals surface area (Å²) in [7, 11) is 0. The van der Waals surface area contributed by atoms with Crippen LogP contribution in [0.25, 0.3) is 0 Å². The first-order valence-electron chi connectivity index (χ1n) is 8.67. The van der Waals surface area contributed by atoms with Crippen LogP contribution in [-0.2, 0) is 19.9 Å². The molecule has 0 spiro atoms. The number of hydrogen-bond donors (Lipinski definition) is 4. The number of carbonyl (C=O) groups excluding carboxylic acids is 3. The number of amides is 4. The molecule has 2 fully saturated rings. The van der Waals surface area contributed by atoms with Crippen LogP contribution in [0.4, 0.5) is 4.79 Å². The van der Waals surface area contributed by atoms with E-state index >= 15 is 0 Å². The van der Waals surface area contributed by atoms with Gasteiger partial charge in [-0.05, 0) is 37.5 Å². The van der Waals surface area contributed by atoms with Crippen LogP contribution < -0.4 is 16.0 Å². The zero-order chi connectivity index (χ0) is 19.6. The second-order valence-electron chi connectivity index (χ2n) is 6.88. The lowest BCUT2D eigenvalue weighted by Crippen LogP contribution is -2.48. The molecule has 9 heteroatoms. The lowest BCUT2D eigenvalue weighted by Gasteiger charge is -2.28. The van der Waals surface area contributed by atoms with Gasteiger partial charge in [0.15, 0.2) is 0 Å². The summed E-state index contributed by atoms with van der Waals surface area (Å²) in [4.78, 5) is 47.7. The van der Waals surface area contributed by atoms with Gasteiger partial charge in [0.1, 0.15) is 11.6 Å². The number of ether oxygens (including phenoxy) is 1. The fourth-order valence-electron chi connectivity index (χ4n) is 3.35. The molecule has 4 N–H and O–H groups in total. The van der Waals surface area contributed by atoms with E-state index in [1.165, 1.54) is 19.1 Å². The van der Waals surface area contributed by atoms with Gasteiger partial charge in [-0.2, -0.15) is 0 Å². The van der Waals surface area contributed by atoms with E-state index < -0.39 is 35.4 Å². The molecule has 3 unspecified atom stereocenters. The highest BCUT2D eigenvalue weighted by Gasteiger charge is 2.43. The summed E-state index contributed by atoms with van der Waals surface area (Å²) in [6, 6.07) is 4.51. The van der Waals surface area contributed by atoms with E-state index in [1.807, 2.05) is 0 Å². The standard InChI is InChI=1S/C18H21N3O6/c1-18(16(25)20-17(26)21-18)12-6-2-4-10(8-12)14(22)19-13(15(23)24)11-5-3-7-27-9-11/h2,4,6,8,11,13H,3,5,7,9H2,1H3,(H,19,22)(H,23,24)(H2,20,21,25,26). The number of carboxylic acids is 1. The Hall–Kier alpha value is -2.94. The van der Waals surface area contributed by atoms with Crippen molar-refractivity contribution in [2.75, 3.05) is 13.2 Å². The van der Waals surface area contributed by atoms with E-state index in [9.17, 15) is 24.3 Å². The van der Waals surface area contributed by atoms with Crippen molar-refractivity contribution in [1.29, 1.82) is 0 Å². The first kappa shape index (κ1) is 18.8. The minimum absolute atomic E-state index is 0.200. The maximum absolute atomic E-state index is 12.6. The van der Waals surface area contributed by atoms with Gasteiger partial charge < -0.3 is 20.5 Å². The van der Waals surface area contributed by atoms with Crippen LogP contribution in [0.15, 0.2) is 24.3 Å². The molecule has 9 nitrogen and oxygen atoms in total. The Kier molecular flexibility index (Phi) is 5.13. The van der Waals surface area contributed by atoms with E-state index in [0.717, 1.165) is 6.42 Å². The van der Waals surface area contributed by atoms with Crippen LogP contribution in [0.1, 0.15) is 35.7 Å². The molecule has 1 aromatic carbocycles. The molecule has 0 aromatic heterocycles. The van der Waals surface area contributed by atoms with Crippen molar-refractivity contribution >= 4 is 23.8 Å². The van der Waals surface area contributed by atoms with E-state index in [4.69, 9.17) is 4.74 Å². The summed E-state index contributed by atoms with van der Waals surface area (Å²) < 4.78 is 5.32. The third kappa shape index (κ3) is 3.77. The van der Waals surface area contributed by atoms with Gasteiger partial charge in [0.05, 0.1) is 6.61 Å². The predicted octanol–water partition coefficient (Wildman–Crippen LogP) is 0.351. The first-order valence-corrected chi connectivity index (χ1v) is 8.67. The summed E-state index contributed by atoms with van der Waals surface area (Å²) in [5, 5.41) is 16.7. The molecule has 0 bridgehead atoms. The van der Waals surface area contributed by atoms with E-state index in [2.05, 4.69) is 16.0 Å². The third-order valence-corrected chi connectivity index (χ3v) is 4.97. The highest BCUT2D eigenvalue weighted by atomic mass is 16.5. The molecule has 27 heavy (non-hydrogen) atoms. The van der Waals surface area contributed by atoms with Gasteiger partial charge in [-0.1, -0.05) is 12.1 Å². The van der Waals surface area contributed by atoms with Gasteiger partial charge >= 0.3 is 12.0 Å². The summed E-state index contributed by atoms with van der Waals surface area (Å²) in [5.74, 6) is -2.51. The van der Waals surface area contributed by atoms with Gasteiger partial charge in [0, 0.05) is 18.1 Å². The number of carboxylic acid groups (broad SMARTS) is 1. The molecular weight excluding hydrogens is 354 g/mol. The Morgan fingerprint density at radius 2 is 2.15 bits per heavy atom. The van der Waals surface area contributed by atoms with Crippen molar-refractivity contribution in [2.45, 2.75) is 31.3 Å². The number of aliphatic carboxylic acids is 1. The quantitative estimate of drug-likeness (QED) is 0.549. The number of benzene rings is 1. The van der Waals surface area contributed by atoms with Crippen LogP contribution in [0, 0.1) is 5.92 Å². The minimum Gasteiger partial charge on any atom is -0.480 e. The number of rotatable bonds is 5. The van der Waals surface area contributed by atoms with Crippen molar-refractivity contribution in [3.63, 3.8) is 0 Å². The van der Waals surface area contributed by atoms with Gasteiger partial charge in [-0.25, -0.2) is 9.59 Å². The first-order chi connectivity index (χ1) is 12.8. The average molecular weight is 375 g/mol. The van der Waals surface area contributed by atoms with Crippen LogP contribution in [0.3, 0.4) is 0 Å². The van der Waals surface area contributed by atoms with Crippen molar-refractivity contribution in [3.8, 4) is 0 Å². The fourth-order valence-corrected chi connectivity index (χ4v) is 3.35. The molecule has 0 saturated carbocycles. The maximum atomic E-state index is 12.6. The molecule has 0 radical (unpaired) electrons. The molecule has 144 valence electrons. The Morgan fingerprint density at radius 1 is 1.37 bits per heavy atom. The Morgan fingerprint density at radius 3 is 2.74 bits per heavy atom. The topological polar surface area (TPSA) is 134 Å². The molecule has 1 aromatic rings. The molecule has 2 aliphatic rings. The molecule has 2 aliphatic heterocycles. The molecule has 3 atom stereocenters. The molecule has 0 aliphatic carbocycles. The molecule has 2 saturated heterocycles. The highest BCUT2D eigenvalue weighted by molar-refractivity contribution is 6.07. The van der Waals surface area contributed by atoms with Crippen LogP contribution in [0.2, 0.25) is 0 Å². The van der Waals surface area contributed by atoms with Crippen molar-refractivity contribution < 1.29 is 29.0 Å². The second kappa shape index (κ2) is 7.36. The second-order valence-corrected chi connectivity index (χ2v) is 6.88. The van der Waals surface area contributed by atoms with Crippen molar-refractivity contribution in [2.24, 2.45) is 5.92 Å². The molecule has 3 rings (SSSR count). The van der Waals surface area contributed by atoms with Gasteiger partial charge in [0.2, 0.25) is 0 Å². The largest absolute Gasteiger partial charge is 0.480 e. The lowest BCUT2D eigenvalue weighted by atomic mass is 9.90. The van der Waals surface area contributed by atoms with Crippen molar-refractivity contribution in [3.05, 3.63) is 35.4 Å². The van der Waals surface area contributed by atoms with E-state index in [0.29, 0.717) is 18.6 Å². The Bertz CT molecular complexity index is 789. The molecule has 2 heterocycles. The summed E-state index contributed by atoms with van der Waals surface area (Å²) in [6.07, 6.45) is 1.40. The molecular formula is C18H21N3O6. The van der Waals surface area contributed by atoms with E-state index in [-0.39, 0.29) is 18.1 Å². The van der Waals surface area contributed by atoms with Gasteiger partial charge in [-0.3, -0.25) is 14.9 Å². The van der Waals surface area contributed by atoms with Crippen LogP contribution >= 0.6 is 0 Å². The monoisotopic (exact) mass is 375 g/mol. The van der Waals surface area contributed by atoms with Crippen LogP contribution in [0.5, 0.6) is 0 Å². The summed E-state index contributed by atoms with van der Waals surface area (Å²) in [5.41, 5.74) is -0.673. The van der Waals surface area contributed by atoms with Crippen molar-refractivity contribution in [1.82, 2.24) is 16.0 Å². The van der Waals surface area contributed by atoms with Crippen LogP contribution in [-0.4, -0.2) is 48.2 Å². The number of imide groups is 1. The summed E-state index contributed by atoms with van der Waals surface area (Å²) in [6.45, 7) is 2.40. The number of hydrogen-bond acceptors (Lipinski definition) is 5. The zero-order valence-electron chi connectivity index (χ0n) is 14.8. The van der Waals surface area contributed by atoms with E-state index in [1.54, 1.807) is 12.1 Å². The zero-order valence-corrected chi connectivity index (χ0v) is 14.8. The summed E-state index contributed by atoms with van der Waals surface area (Å²) >= 11 is 0. The Balaban J connectivity index is 1.79. The molecule has 4 amide bonds. The predicted molar refractivity (Wildman–Crippen MR) is 92.9 cm³/mol.